The van der Waals surface area contributed by atoms with Gasteiger partial charge in [-0.05, 0) is 42.5 Å². The third-order valence-corrected chi connectivity index (χ3v) is 4.11. The highest BCUT2D eigenvalue weighted by molar-refractivity contribution is 6.03. The molecule has 3 aromatic carbocycles. The topological polar surface area (TPSA) is 34.2 Å². The summed E-state index contributed by atoms with van der Waals surface area (Å²) in [5.74, 6) is 1.22. The van der Waals surface area contributed by atoms with Gasteiger partial charge in [-0.1, -0.05) is 18.2 Å². The van der Waals surface area contributed by atoms with Crippen molar-refractivity contribution < 1.29 is 9.13 Å². The summed E-state index contributed by atoms with van der Waals surface area (Å²) >= 11 is 0. The first kappa shape index (κ1) is 12.4. The first-order valence-corrected chi connectivity index (χ1v) is 7.35. The van der Waals surface area contributed by atoms with Crippen LogP contribution in [-0.4, -0.2) is 4.98 Å². The summed E-state index contributed by atoms with van der Waals surface area (Å²) in [6.07, 6.45) is 0. The summed E-state index contributed by atoms with van der Waals surface area (Å²) in [6.45, 7) is 0. The van der Waals surface area contributed by atoms with Crippen molar-refractivity contribution >= 4 is 33.2 Å². The Labute approximate surface area is 131 Å². The molecule has 1 aliphatic heterocycles. The Balaban J connectivity index is 1.82. The standard InChI is InChI=1S/C19H11FN2O/c20-13-4-3-6-14-11(13)10-12-15(21-14)8-9-18-19(12)22-16-5-1-2-7-17(16)23-18/h1-10,22H. The lowest BCUT2D eigenvalue weighted by Crippen LogP contribution is -2.03. The number of hydrogen-bond donors (Lipinski definition) is 1. The quantitative estimate of drug-likeness (QED) is 0.390. The molecule has 0 saturated heterocycles. The van der Waals surface area contributed by atoms with Crippen LogP contribution in [0, 0.1) is 5.82 Å². The number of benzene rings is 3. The largest absolute Gasteiger partial charge is 0.453 e. The molecule has 0 aliphatic carbocycles. The highest BCUT2D eigenvalue weighted by Gasteiger charge is 2.19. The van der Waals surface area contributed by atoms with E-state index in [0.29, 0.717) is 16.7 Å². The summed E-state index contributed by atoms with van der Waals surface area (Å²) in [6, 6.07) is 18.3. The molecular formula is C19H11FN2O. The van der Waals surface area contributed by atoms with Gasteiger partial charge in [0, 0.05) is 10.8 Å². The van der Waals surface area contributed by atoms with E-state index < -0.39 is 0 Å². The van der Waals surface area contributed by atoms with Crippen LogP contribution >= 0.6 is 0 Å². The lowest BCUT2D eigenvalue weighted by molar-refractivity contribution is 0.482. The van der Waals surface area contributed by atoms with E-state index >= 15 is 0 Å². The smallest absolute Gasteiger partial charge is 0.151 e. The number of fused-ring (bicyclic) bond motifs is 5. The molecular weight excluding hydrogens is 291 g/mol. The number of para-hydroxylation sites is 2. The highest BCUT2D eigenvalue weighted by Crippen LogP contribution is 2.45. The van der Waals surface area contributed by atoms with Gasteiger partial charge in [-0.15, -0.1) is 0 Å². The van der Waals surface area contributed by atoms with E-state index in [-0.39, 0.29) is 5.82 Å². The first-order chi connectivity index (χ1) is 11.3. The normalized spacial score (nSPS) is 12.4. The zero-order valence-corrected chi connectivity index (χ0v) is 12.0. The first-order valence-electron chi connectivity index (χ1n) is 7.35. The van der Waals surface area contributed by atoms with Crippen molar-refractivity contribution in [3.05, 3.63) is 66.5 Å². The van der Waals surface area contributed by atoms with Crippen LogP contribution in [0.25, 0.3) is 21.8 Å². The molecule has 1 aromatic heterocycles. The SMILES string of the molecule is Fc1cccc2nc3ccc4c(c3cc12)Nc1ccccc1O4. The Morgan fingerprint density at radius 2 is 1.70 bits per heavy atom. The van der Waals surface area contributed by atoms with Gasteiger partial charge in [-0.25, -0.2) is 9.37 Å². The molecule has 2 heterocycles. The van der Waals surface area contributed by atoms with Crippen molar-refractivity contribution in [3.8, 4) is 11.5 Å². The molecule has 0 amide bonds. The third kappa shape index (κ3) is 1.78. The Morgan fingerprint density at radius 1 is 0.826 bits per heavy atom. The van der Waals surface area contributed by atoms with E-state index in [9.17, 15) is 4.39 Å². The number of aromatic nitrogens is 1. The van der Waals surface area contributed by atoms with Crippen LogP contribution in [0.4, 0.5) is 15.8 Å². The lowest BCUT2D eigenvalue weighted by atomic mass is 10.1. The van der Waals surface area contributed by atoms with Crippen molar-refractivity contribution in [1.82, 2.24) is 4.98 Å². The number of pyridine rings is 1. The van der Waals surface area contributed by atoms with Gasteiger partial charge < -0.3 is 10.1 Å². The van der Waals surface area contributed by atoms with Gasteiger partial charge in [0.25, 0.3) is 0 Å². The second-order valence-corrected chi connectivity index (χ2v) is 5.52. The molecule has 0 atom stereocenters. The molecule has 0 saturated carbocycles. The molecule has 0 fully saturated rings. The van der Waals surface area contributed by atoms with Gasteiger partial charge in [0.15, 0.2) is 11.5 Å². The Morgan fingerprint density at radius 3 is 2.65 bits per heavy atom. The molecule has 0 spiro atoms. The van der Waals surface area contributed by atoms with Gasteiger partial charge in [-0.3, -0.25) is 0 Å². The Hall–Kier alpha value is -3.14. The number of ether oxygens (including phenoxy) is 1. The van der Waals surface area contributed by atoms with Crippen molar-refractivity contribution in [3.63, 3.8) is 0 Å². The van der Waals surface area contributed by atoms with Crippen LogP contribution in [-0.2, 0) is 0 Å². The van der Waals surface area contributed by atoms with Crippen LogP contribution in [0.5, 0.6) is 11.5 Å². The third-order valence-electron chi connectivity index (χ3n) is 4.11. The minimum absolute atomic E-state index is 0.272. The summed E-state index contributed by atoms with van der Waals surface area (Å²) in [7, 11) is 0. The van der Waals surface area contributed by atoms with Crippen LogP contribution < -0.4 is 10.1 Å². The van der Waals surface area contributed by atoms with E-state index in [0.717, 1.165) is 28.0 Å². The molecule has 4 heteroatoms. The van der Waals surface area contributed by atoms with E-state index in [4.69, 9.17) is 4.74 Å². The molecule has 1 N–H and O–H groups in total. The van der Waals surface area contributed by atoms with Crippen LogP contribution in [0.1, 0.15) is 0 Å². The van der Waals surface area contributed by atoms with E-state index in [1.165, 1.54) is 6.07 Å². The van der Waals surface area contributed by atoms with Gasteiger partial charge in [0.2, 0.25) is 0 Å². The van der Waals surface area contributed by atoms with Crippen molar-refractivity contribution in [2.24, 2.45) is 0 Å². The number of rotatable bonds is 0. The maximum absolute atomic E-state index is 14.1. The summed E-state index contributed by atoms with van der Waals surface area (Å²) < 4.78 is 20.0. The molecule has 3 nitrogen and oxygen atoms in total. The fourth-order valence-corrected chi connectivity index (χ4v) is 3.00. The van der Waals surface area contributed by atoms with E-state index in [2.05, 4.69) is 10.3 Å². The van der Waals surface area contributed by atoms with Crippen molar-refractivity contribution in [2.45, 2.75) is 0 Å². The second-order valence-electron chi connectivity index (χ2n) is 5.52. The van der Waals surface area contributed by atoms with Crippen LogP contribution in [0.3, 0.4) is 0 Å². The molecule has 5 rings (SSSR count). The predicted molar refractivity (Wildman–Crippen MR) is 89.0 cm³/mol. The molecule has 110 valence electrons. The average Bonchev–Trinajstić information content (AvgIpc) is 2.59. The van der Waals surface area contributed by atoms with E-state index in [1.807, 2.05) is 48.5 Å². The molecule has 4 aromatic rings. The molecule has 23 heavy (non-hydrogen) atoms. The summed E-state index contributed by atoms with van der Waals surface area (Å²) in [5, 5.41) is 4.73. The average molecular weight is 302 g/mol. The van der Waals surface area contributed by atoms with Gasteiger partial charge in [-0.2, -0.15) is 0 Å². The zero-order chi connectivity index (χ0) is 15.4. The van der Waals surface area contributed by atoms with Gasteiger partial charge in [0.05, 0.1) is 22.4 Å². The molecule has 0 bridgehead atoms. The molecule has 0 radical (unpaired) electrons. The lowest BCUT2D eigenvalue weighted by Gasteiger charge is -2.23. The number of nitrogens with zero attached hydrogens (tertiary/aromatic N) is 1. The van der Waals surface area contributed by atoms with Gasteiger partial charge in [0.1, 0.15) is 5.82 Å². The summed E-state index contributed by atoms with van der Waals surface area (Å²) in [5.41, 5.74) is 3.16. The van der Waals surface area contributed by atoms with Crippen LogP contribution in [0.2, 0.25) is 0 Å². The number of halogens is 1. The number of anilines is 2. The van der Waals surface area contributed by atoms with Gasteiger partial charge >= 0.3 is 0 Å². The second kappa shape index (κ2) is 4.43. The summed E-state index contributed by atoms with van der Waals surface area (Å²) in [4.78, 5) is 4.57. The predicted octanol–water partition coefficient (Wildman–Crippen LogP) is 5.38. The highest BCUT2D eigenvalue weighted by atomic mass is 19.1. The maximum atomic E-state index is 14.1. The molecule has 1 aliphatic rings. The monoisotopic (exact) mass is 302 g/mol. The van der Waals surface area contributed by atoms with Crippen molar-refractivity contribution in [1.29, 1.82) is 0 Å². The fraction of sp³-hybridized carbons (Fsp3) is 0. The molecule has 0 unspecified atom stereocenters. The fourth-order valence-electron chi connectivity index (χ4n) is 3.00. The minimum atomic E-state index is -0.272. The Kier molecular flexibility index (Phi) is 2.39. The van der Waals surface area contributed by atoms with Crippen molar-refractivity contribution in [2.75, 3.05) is 5.32 Å². The maximum Gasteiger partial charge on any atom is 0.151 e. The Bertz CT molecular complexity index is 1090. The van der Waals surface area contributed by atoms with E-state index in [1.54, 1.807) is 6.07 Å². The zero-order valence-electron chi connectivity index (χ0n) is 12.0. The number of hydrogen-bond acceptors (Lipinski definition) is 3. The minimum Gasteiger partial charge on any atom is -0.453 e. The van der Waals surface area contributed by atoms with Crippen LogP contribution in [0.15, 0.2) is 60.7 Å². The number of nitrogens with one attached hydrogen (secondary N) is 1.